The molecule has 2 aliphatic rings. The highest BCUT2D eigenvalue weighted by molar-refractivity contribution is 5.69. The standard InChI is InChI=1S/C26H46O6/c1-3-5-6-9-12-16-26(31-18-19-32-26)17-15-22-21(23(27)20-24(22)28)13-10-7-8-11-14-25(29)30-4-2/h7,10,21-24,27-28H,3-6,8-9,11-20H2,1-2H3/b10-7-/t21-,22-,23?,24-/m1/s1. The average molecular weight is 455 g/mol. The molecule has 4 atom stereocenters. The first-order valence-corrected chi connectivity index (χ1v) is 13.0. The zero-order chi connectivity index (χ0) is 23.2. The summed E-state index contributed by atoms with van der Waals surface area (Å²) in [4.78, 5) is 11.4. The molecule has 0 bridgehead atoms. The molecule has 6 nitrogen and oxygen atoms in total. The van der Waals surface area contributed by atoms with Crippen LogP contribution < -0.4 is 0 Å². The summed E-state index contributed by atoms with van der Waals surface area (Å²) in [6.07, 6.45) is 15.0. The summed E-state index contributed by atoms with van der Waals surface area (Å²) in [6, 6.07) is 0. The van der Waals surface area contributed by atoms with Crippen molar-refractivity contribution in [2.45, 2.75) is 115 Å². The van der Waals surface area contributed by atoms with Crippen LogP contribution in [0.2, 0.25) is 0 Å². The molecule has 1 unspecified atom stereocenters. The molecule has 1 aliphatic heterocycles. The molecule has 32 heavy (non-hydrogen) atoms. The normalized spacial score (nSPS) is 27.4. The Hall–Kier alpha value is -0.950. The van der Waals surface area contributed by atoms with E-state index in [1.54, 1.807) is 0 Å². The van der Waals surface area contributed by atoms with E-state index in [9.17, 15) is 15.0 Å². The summed E-state index contributed by atoms with van der Waals surface area (Å²) < 4.78 is 17.0. The molecule has 1 heterocycles. The average Bonchev–Trinajstić information content (AvgIpc) is 3.33. The number of carbonyl (C=O) groups is 1. The maximum absolute atomic E-state index is 11.4. The SMILES string of the molecule is CCCCCCCC1(CC[C@H]2[C@H](O)CC(O)[C@@H]2C/C=C\CCCC(=O)OCC)OCCO1. The predicted octanol–water partition coefficient (Wildman–Crippen LogP) is 4.91. The zero-order valence-corrected chi connectivity index (χ0v) is 20.3. The van der Waals surface area contributed by atoms with E-state index < -0.39 is 18.0 Å². The molecule has 1 aliphatic carbocycles. The van der Waals surface area contributed by atoms with Crippen molar-refractivity contribution in [1.82, 2.24) is 0 Å². The smallest absolute Gasteiger partial charge is 0.305 e. The van der Waals surface area contributed by atoms with Crippen LogP contribution in [-0.4, -0.2) is 54.0 Å². The fourth-order valence-corrected chi connectivity index (χ4v) is 5.17. The Morgan fingerprint density at radius 2 is 1.69 bits per heavy atom. The van der Waals surface area contributed by atoms with E-state index in [4.69, 9.17) is 14.2 Å². The fourth-order valence-electron chi connectivity index (χ4n) is 5.17. The van der Waals surface area contributed by atoms with Gasteiger partial charge in [0, 0.05) is 19.3 Å². The van der Waals surface area contributed by atoms with E-state index in [2.05, 4.69) is 19.1 Å². The Bertz CT molecular complexity index is 542. The van der Waals surface area contributed by atoms with Gasteiger partial charge in [-0.25, -0.2) is 0 Å². The zero-order valence-electron chi connectivity index (χ0n) is 20.3. The summed E-state index contributed by atoms with van der Waals surface area (Å²) in [6.45, 7) is 5.75. The van der Waals surface area contributed by atoms with Crippen molar-refractivity contribution in [2.24, 2.45) is 11.8 Å². The lowest BCUT2D eigenvalue weighted by Gasteiger charge is -2.31. The van der Waals surface area contributed by atoms with Crippen LogP contribution in [0.15, 0.2) is 12.2 Å². The number of hydrogen-bond donors (Lipinski definition) is 2. The van der Waals surface area contributed by atoms with Gasteiger partial charge in [0.25, 0.3) is 0 Å². The Balaban J connectivity index is 1.79. The van der Waals surface area contributed by atoms with E-state index >= 15 is 0 Å². The van der Waals surface area contributed by atoms with Crippen LogP contribution in [0.5, 0.6) is 0 Å². The van der Waals surface area contributed by atoms with Crippen molar-refractivity contribution in [3.05, 3.63) is 12.2 Å². The molecular formula is C26H46O6. The van der Waals surface area contributed by atoms with Gasteiger partial charge in [-0.2, -0.15) is 0 Å². The van der Waals surface area contributed by atoms with Crippen LogP contribution in [-0.2, 0) is 19.0 Å². The third-order valence-electron chi connectivity index (χ3n) is 6.99. The number of carbonyl (C=O) groups excluding carboxylic acids is 1. The van der Waals surface area contributed by atoms with Crippen molar-refractivity contribution < 1.29 is 29.2 Å². The minimum absolute atomic E-state index is 0.0503. The molecule has 186 valence electrons. The summed E-state index contributed by atoms with van der Waals surface area (Å²) in [5.74, 6) is -0.549. The lowest BCUT2D eigenvalue weighted by Crippen LogP contribution is -2.33. The van der Waals surface area contributed by atoms with Crippen LogP contribution in [0.3, 0.4) is 0 Å². The third kappa shape index (κ3) is 9.12. The van der Waals surface area contributed by atoms with Crippen molar-refractivity contribution >= 4 is 5.97 Å². The fraction of sp³-hybridized carbons (Fsp3) is 0.885. The second-order valence-electron chi connectivity index (χ2n) is 9.41. The minimum atomic E-state index is -0.507. The van der Waals surface area contributed by atoms with E-state index in [0.29, 0.717) is 32.7 Å². The van der Waals surface area contributed by atoms with Crippen LogP contribution in [0.1, 0.15) is 97.3 Å². The number of esters is 1. The number of allylic oxidation sites excluding steroid dienone is 2. The first-order valence-electron chi connectivity index (χ1n) is 13.0. The van der Waals surface area contributed by atoms with Crippen molar-refractivity contribution in [2.75, 3.05) is 19.8 Å². The summed E-state index contributed by atoms with van der Waals surface area (Å²) in [5.41, 5.74) is 0. The first-order chi connectivity index (χ1) is 15.5. The highest BCUT2D eigenvalue weighted by atomic mass is 16.7. The van der Waals surface area contributed by atoms with Gasteiger partial charge < -0.3 is 24.4 Å². The van der Waals surface area contributed by atoms with Gasteiger partial charge in [0.15, 0.2) is 5.79 Å². The molecule has 6 heteroatoms. The van der Waals surface area contributed by atoms with Crippen LogP contribution in [0.4, 0.5) is 0 Å². The van der Waals surface area contributed by atoms with Crippen LogP contribution >= 0.6 is 0 Å². The molecule has 0 aromatic rings. The van der Waals surface area contributed by atoms with E-state index in [0.717, 1.165) is 44.9 Å². The van der Waals surface area contributed by atoms with Crippen molar-refractivity contribution in [1.29, 1.82) is 0 Å². The van der Waals surface area contributed by atoms with Gasteiger partial charge in [0.2, 0.25) is 0 Å². The molecular weight excluding hydrogens is 408 g/mol. The molecule has 1 saturated heterocycles. The van der Waals surface area contributed by atoms with Gasteiger partial charge in [-0.15, -0.1) is 0 Å². The summed E-state index contributed by atoms with van der Waals surface area (Å²) in [5, 5.41) is 21.1. The Morgan fingerprint density at radius 1 is 0.969 bits per heavy atom. The lowest BCUT2D eigenvalue weighted by atomic mass is 9.85. The highest BCUT2D eigenvalue weighted by Gasteiger charge is 2.43. The monoisotopic (exact) mass is 454 g/mol. The molecule has 2 N–H and O–H groups in total. The minimum Gasteiger partial charge on any atom is -0.466 e. The maximum atomic E-state index is 11.4. The summed E-state index contributed by atoms with van der Waals surface area (Å²) >= 11 is 0. The van der Waals surface area contributed by atoms with Crippen LogP contribution in [0, 0.1) is 11.8 Å². The number of rotatable bonds is 16. The second-order valence-corrected chi connectivity index (χ2v) is 9.41. The molecule has 2 fully saturated rings. The molecule has 0 aromatic carbocycles. The summed E-state index contributed by atoms with van der Waals surface area (Å²) in [7, 11) is 0. The van der Waals surface area contributed by atoms with Gasteiger partial charge in [-0.3, -0.25) is 4.79 Å². The second kappa shape index (κ2) is 15.0. The number of unbranched alkanes of at least 4 members (excludes halogenated alkanes) is 5. The quantitative estimate of drug-likeness (QED) is 0.196. The number of hydrogen-bond acceptors (Lipinski definition) is 6. The Labute approximate surface area is 194 Å². The molecule has 0 aromatic heterocycles. The van der Waals surface area contributed by atoms with Gasteiger partial charge >= 0.3 is 5.97 Å². The van der Waals surface area contributed by atoms with Gasteiger partial charge in [-0.05, 0) is 57.3 Å². The number of aliphatic hydroxyl groups excluding tert-OH is 2. The third-order valence-corrected chi connectivity index (χ3v) is 6.99. The molecule has 0 spiro atoms. The molecule has 0 radical (unpaired) electrons. The van der Waals surface area contributed by atoms with Gasteiger partial charge in [0.1, 0.15) is 0 Å². The van der Waals surface area contributed by atoms with Crippen LogP contribution in [0.25, 0.3) is 0 Å². The first kappa shape index (κ1) is 27.3. The highest BCUT2D eigenvalue weighted by Crippen LogP contribution is 2.41. The van der Waals surface area contributed by atoms with Crippen molar-refractivity contribution in [3.63, 3.8) is 0 Å². The van der Waals surface area contributed by atoms with Gasteiger partial charge in [0.05, 0.1) is 32.0 Å². The molecule has 2 rings (SSSR count). The number of ether oxygens (including phenoxy) is 3. The van der Waals surface area contributed by atoms with E-state index in [-0.39, 0.29) is 17.8 Å². The Morgan fingerprint density at radius 3 is 2.41 bits per heavy atom. The predicted molar refractivity (Wildman–Crippen MR) is 125 cm³/mol. The van der Waals surface area contributed by atoms with Crippen molar-refractivity contribution in [3.8, 4) is 0 Å². The van der Waals surface area contributed by atoms with Gasteiger partial charge in [-0.1, -0.05) is 44.8 Å². The molecule has 0 amide bonds. The molecule has 1 saturated carbocycles. The maximum Gasteiger partial charge on any atom is 0.305 e. The topological polar surface area (TPSA) is 85.2 Å². The van der Waals surface area contributed by atoms with E-state index in [1.807, 2.05) is 6.92 Å². The lowest BCUT2D eigenvalue weighted by molar-refractivity contribution is -0.171. The largest absolute Gasteiger partial charge is 0.466 e. The Kier molecular flexibility index (Phi) is 12.8. The van der Waals surface area contributed by atoms with E-state index in [1.165, 1.54) is 25.7 Å². The number of aliphatic hydroxyl groups is 2.